The van der Waals surface area contributed by atoms with Crippen LogP contribution in [0.3, 0.4) is 0 Å². The van der Waals surface area contributed by atoms with E-state index in [0.717, 1.165) is 32.1 Å². The molecule has 0 spiro atoms. The smallest absolute Gasteiger partial charge is 0.362 e. The quantitative estimate of drug-likeness (QED) is 0.0962. The summed E-state index contributed by atoms with van der Waals surface area (Å²) in [6.45, 7) is 2.23. The highest BCUT2D eigenvalue weighted by molar-refractivity contribution is 7.53. The molecule has 0 saturated heterocycles. The zero-order chi connectivity index (χ0) is 22.9. The fraction of sp³-hybridized carbons (Fsp3) is 0.833. The van der Waals surface area contributed by atoms with Crippen LogP contribution in [0.15, 0.2) is 24.3 Å². The predicted octanol–water partition coefficient (Wildman–Crippen LogP) is 6.15. The molecule has 178 valence electrons. The van der Waals surface area contributed by atoms with Crippen molar-refractivity contribution in [3.05, 3.63) is 24.3 Å². The third-order valence-corrected chi connectivity index (χ3v) is 6.73. The molecule has 0 saturated carbocycles. The van der Waals surface area contributed by atoms with Crippen LogP contribution in [0.2, 0.25) is 0 Å². The Morgan fingerprint density at radius 2 is 1.13 bits per heavy atom. The highest BCUT2D eigenvalue weighted by Gasteiger charge is 2.48. The third kappa shape index (κ3) is 16.3. The Morgan fingerprint density at radius 1 is 0.733 bits per heavy atom. The molecule has 1 atom stereocenters. The van der Waals surface area contributed by atoms with Crippen molar-refractivity contribution in [3.63, 3.8) is 0 Å². The van der Waals surface area contributed by atoms with E-state index in [-0.39, 0.29) is 13.0 Å². The molecule has 0 amide bonds. The molecule has 0 aromatic rings. The van der Waals surface area contributed by atoms with Gasteiger partial charge in [0.2, 0.25) is 5.34 Å². The van der Waals surface area contributed by atoms with Crippen LogP contribution in [0.4, 0.5) is 0 Å². The van der Waals surface area contributed by atoms with E-state index < -0.39 is 12.9 Å². The van der Waals surface area contributed by atoms with Gasteiger partial charge in [-0.15, -0.1) is 0 Å². The molecule has 0 aliphatic heterocycles. The summed E-state index contributed by atoms with van der Waals surface area (Å²) in [5.41, 5.74) is 0. The third-order valence-electron chi connectivity index (χ3n) is 5.28. The van der Waals surface area contributed by atoms with Crippen LogP contribution < -0.4 is 0 Å². The van der Waals surface area contributed by atoms with Crippen LogP contribution in [-0.4, -0.2) is 52.4 Å². The predicted molar refractivity (Wildman–Crippen MR) is 128 cm³/mol. The number of hydrogen-bond donors (Lipinski definition) is 3. The van der Waals surface area contributed by atoms with Crippen molar-refractivity contribution in [3.8, 4) is 0 Å². The average molecular weight is 447 g/mol. The van der Waals surface area contributed by atoms with E-state index in [2.05, 4.69) is 31.2 Å². The molecule has 3 N–H and O–H groups in total. The molecule has 1 unspecified atom stereocenters. The largest absolute Gasteiger partial charge is 0.373 e. The second kappa shape index (κ2) is 16.2. The number of quaternary nitrogens is 1. The molecular weight excluding hydrogens is 397 g/mol. The summed E-state index contributed by atoms with van der Waals surface area (Å²) in [6.07, 6.45) is 24.0. The molecule has 0 aromatic heterocycles. The molecule has 0 rings (SSSR count). The molecule has 0 heterocycles. The van der Waals surface area contributed by atoms with Crippen molar-refractivity contribution in [1.82, 2.24) is 0 Å². The van der Waals surface area contributed by atoms with Crippen molar-refractivity contribution >= 4 is 7.60 Å². The molecule has 6 heteroatoms. The molecule has 0 fully saturated rings. The van der Waals surface area contributed by atoms with E-state index in [1.54, 1.807) is 0 Å². The van der Waals surface area contributed by atoms with Crippen LogP contribution >= 0.6 is 7.60 Å². The Morgan fingerprint density at radius 3 is 1.57 bits per heavy atom. The van der Waals surface area contributed by atoms with Crippen LogP contribution in [0.1, 0.15) is 96.8 Å². The fourth-order valence-corrected chi connectivity index (χ4v) is 4.73. The second-order valence-corrected chi connectivity index (χ2v) is 11.5. The zero-order valence-electron chi connectivity index (χ0n) is 20.1. The Labute approximate surface area is 186 Å². The number of hydrogen-bond acceptors (Lipinski definition) is 2. The number of unbranched alkanes of at least 4 members (excludes halogenated alkanes) is 10. The van der Waals surface area contributed by atoms with Gasteiger partial charge in [-0.05, 0) is 57.8 Å². The van der Waals surface area contributed by atoms with Gasteiger partial charge in [-0.1, -0.05) is 63.3 Å². The minimum Gasteiger partial charge on any atom is -0.373 e. The monoisotopic (exact) mass is 446 g/mol. The van der Waals surface area contributed by atoms with Crippen molar-refractivity contribution in [2.45, 2.75) is 102 Å². The normalized spacial score (nSPS) is 15.3. The van der Waals surface area contributed by atoms with E-state index in [1.807, 2.05) is 21.1 Å². The first-order chi connectivity index (χ1) is 14.0. The standard InChI is InChI=1S/C24H48NO4P/c1-5-6-7-8-9-10-11-12-13-14-15-16-17-18-19-20-21-22-24(26,30(27,28)29)23-25(2,3)4/h6-7,12-13,26H,5,8-11,14-23H2,1-4H3,(H-,27,28,29)/p+1/b7-6-,13-12-. The van der Waals surface area contributed by atoms with Crippen LogP contribution in [0.25, 0.3) is 0 Å². The lowest BCUT2D eigenvalue weighted by Crippen LogP contribution is -2.49. The zero-order valence-corrected chi connectivity index (χ0v) is 21.0. The first-order valence-corrected chi connectivity index (χ1v) is 13.5. The molecule has 0 bridgehead atoms. The number of rotatable bonds is 19. The van der Waals surface area contributed by atoms with Gasteiger partial charge >= 0.3 is 7.60 Å². The highest BCUT2D eigenvalue weighted by Crippen LogP contribution is 2.52. The van der Waals surface area contributed by atoms with Crippen LogP contribution in [0, 0.1) is 0 Å². The molecule has 0 aliphatic rings. The van der Waals surface area contributed by atoms with Crippen molar-refractivity contribution in [1.29, 1.82) is 0 Å². The van der Waals surface area contributed by atoms with Gasteiger partial charge in [-0.25, -0.2) is 0 Å². The van der Waals surface area contributed by atoms with Gasteiger partial charge in [-0.2, -0.15) is 0 Å². The van der Waals surface area contributed by atoms with E-state index in [0.29, 0.717) is 10.9 Å². The van der Waals surface area contributed by atoms with Crippen molar-refractivity contribution in [2.24, 2.45) is 0 Å². The van der Waals surface area contributed by atoms with Gasteiger partial charge in [0.25, 0.3) is 0 Å². The van der Waals surface area contributed by atoms with Crippen molar-refractivity contribution in [2.75, 3.05) is 27.7 Å². The molecule has 0 aromatic carbocycles. The molecule has 5 nitrogen and oxygen atoms in total. The molecular formula is C24H49NO4P+. The summed E-state index contributed by atoms with van der Waals surface area (Å²) in [7, 11) is 0.961. The van der Waals surface area contributed by atoms with Gasteiger partial charge in [0.05, 0.1) is 21.1 Å². The molecule has 0 radical (unpaired) electrons. The minimum absolute atomic E-state index is 0.0563. The van der Waals surface area contributed by atoms with Crippen LogP contribution in [0.5, 0.6) is 0 Å². The first kappa shape index (κ1) is 29.5. The number of nitrogens with zero attached hydrogens (tertiary/aromatic N) is 1. The Kier molecular flexibility index (Phi) is 16.0. The Hall–Kier alpha value is -0.450. The van der Waals surface area contributed by atoms with Crippen LogP contribution in [-0.2, 0) is 4.57 Å². The summed E-state index contributed by atoms with van der Waals surface area (Å²) in [5.74, 6) is 0. The summed E-state index contributed by atoms with van der Waals surface area (Å²) < 4.78 is 12.1. The topological polar surface area (TPSA) is 77.8 Å². The lowest BCUT2D eigenvalue weighted by atomic mass is 10.0. The minimum atomic E-state index is -4.54. The number of likely N-dealkylation sites (N-methyl/N-ethyl adjacent to an activating group) is 1. The first-order valence-electron chi connectivity index (χ1n) is 11.9. The Balaban J connectivity index is 3.70. The van der Waals surface area contributed by atoms with E-state index in [4.69, 9.17) is 0 Å². The SMILES string of the molecule is CC/C=C\CCCC/C=C\CCCCCCCCCC(O)(C[N+](C)(C)C)P(=O)(O)O. The lowest BCUT2D eigenvalue weighted by molar-refractivity contribution is -0.875. The van der Waals surface area contributed by atoms with Gasteiger partial charge in [0.1, 0.15) is 6.54 Å². The van der Waals surface area contributed by atoms with Gasteiger partial charge < -0.3 is 19.4 Å². The van der Waals surface area contributed by atoms with Gasteiger partial charge in [0.15, 0.2) is 0 Å². The number of allylic oxidation sites excluding steroid dienone is 4. The maximum Gasteiger partial charge on any atom is 0.362 e. The van der Waals surface area contributed by atoms with E-state index in [1.165, 1.54) is 44.9 Å². The summed E-state index contributed by atoms with van der Waals surface area (Å²) in [4.78, 5) is 19.2. The van der Waals surface area contributed by atoms with E-state index in [9.17, 15) is 19.5 Å². The lowest BCUT2D eigenvalue weighted by Gasteiger charge is -2.35. The molecule has 0 aliphatic carbocycles. The van der Waals surface area contributed by atoms with Crippen molar-refractivity contribution < 1.29 is 23.9 Å². The summed E-state index contributed by atoms with van der Waals surface area (Å²) in [6, 6.07) is 0. The highest BCUT2D eigenvalue weighted by atomic mass is 31.2. The Bertz CT molecular complexity index is 522. The maximum atomic E-state index is 11.8. The second-order valence-electron chi connectivity index (χ2n) is 9.62. The van der Waals surface area contributed by atoms with Gasteiger partial charge in [0, 0.05) is 0 Å². The maximum absolute atomic E-state index is 11.8. The number of aliphatic hydroxyl groups is 1. The van der Waals surface area contributed by atoms with Gasteiger partial charge in [-0.3, -0.25) is 4.57 Å². The summed E-state index contributed by atoms with van der Waals surface area (Å²) in [5, 5.41) is 8.61. The summed E-state index contributed by atoms with van der Waals surface area (Å²) >= 11 is 0. The van der Waals surface area contributed by atoms with E-state index >= 15 is 0 Å². The fourth-order valence-electron chi connectivity index (χ4n) is 3.68. The molecule has 30 heavy (non-hydrogen) atoms. The average Bonchev–Trinajstić information content (AvgIpc) is 2.62.